The van der Waals surface area contributed by atoms with E-state index in [1.54, 1.807) is 11.8 Å². The summed E-state index contributed by atoms with van der Waals surface area (Å²) in [6, 6.07) is 16.9. The number of rotatable bonds is 13. The van der Waals surface area contributed by atoms with Crippen molar-refractivity contribution in [1.82, 2.24) is 4.90 Å². The summed E-state index contributed by atoms with van der Waals surface area (Å²) in [6.07, 6.45) is 4.45. The first-order chi connectivity index (χ1) is 24.0. The summed E-state index contributed by atoms with van der Waals surface area (Å²) in [6.45, 7) is 8.67. The molecule has 2 unspecified atom stereocenters. The summed E-state index contributed by atoms with van der Waals surface area (Å²) in [5, 5.41) is 41.1. The van der Waals surface area contributed by atoms with Crippen molar-refractivity contribution in [2.24, 2.45) is 41.2 Å². The van der Waals surface area contributed by atoms with Crippen LogP contribution >= 0.6 is 0 Å². The standard InChI is InChI=1S/C19H26N2O4.C10H15N.C9H13NO5.CH4/c1-13-5-3-6-15(9-13)7-4-8-20-18(22)10-17-16(12-21(24)25)14(2)11-19(17,20)23;1-9-4-2-5-10(8-9)6-3-7-11;1-5-2-8(11)6(3-9(12)13)7(5)4-10(14)15;/h3,5-6,9,14,16-17,23H,4,7-8,10-12H2,1-2H3;2,4-5,8H,3,6-7,11H2,1H3;5-7H,2-4H2,1H3,(H,12,13);1H4/t14-,16+,17?,19?;;5-,6-,7+;/m0.0./s1. The fraction of sp³-hybridized carbons (Fsp3) is 0.615. The average molecular weight is 727 g/mol. The average Bonchev–Trinajstić information content (AvgIpc) is 3.54. The molecule has 0 radical (unpaired) electrons. The molecule has 0 bridgehead atoms. The van der Waals surface area contributed by atoms with Gasteiger partial charge in [0.1, 0.15) is 11.5 Å². The Hall–Kier alpha value is -4.23. The zero-order valence-corrected chi connectivity index (χ0v) is 30.2. The van der Waals surface area contributed by atoms with Crippen LogP contribution in [0.25, 0.3) is 0 Å². The zero-order chi connectivity index (χ0) is 37.9. The van der Waals surface area contributed by atoms with Crippen LogP contribution in [0.1, 0.15) is 82.1 Å². The maximum absolute atomic E-state index is 12.4. The number of Topliss-reactive ketones (excluding diaryl/α,β-unsaturated/α-hetero) is 1. The number of likely N-dealkylation sites (tertiary alicyclic amines) is 1. The third-order valence-electron chi connectivity index (χ3n) is 10.6. The maximum Gasteiger partial charge on any atom is 0.304 e. The summed E-state index contributed by atoms with van der Waals surface area (Å²) in [5.74, 6) is -3.00. The van der Waals surface area contributed by atoms with Crippen LogP contribution in [0.4, 0.5) is 0 Å². The number of fused-ring (bicyclic) bond motifs is 1. The van der Waals surface area contributed by atoms with Gasteiger partial charge in [0.25, 0.3) is 0 Å². The molecular formula is C39H58N4O9. The van der Waals surface area contributed by atoms with Gasteiger partial charge in [0.2, 0.25) is 19.0 Å². The highest BCUT2D eigenvalue weighted by Crippen LogP contribution is 2.52. The number of nitrogens with two attached hydrogens (primary N) is 1. The van der Waals surface area contributed by atoms with E-state index >= 15 is 0 Å². The van der Waals surface area contributed by atoms with E-state index in [1.807, 2.05) is 13.0 Å². The van der Waals surface area contributed by atoms with Crippen LogP contribution in [-0.2, 0) is 27.2 Å². The quantitative estimate of drug-likeness (QED) is 0.174. The molecule has 5 rings (SSSR count). The molecule has 13 nitrogen and oxygen atoms in total. The number of hydrogen-bond donors (Lipinski definition) is 3. The highest BCUT2D eigenvalue weighted by molar-refractivity contribution is 5.87. The molecule has 3 fully saturated rings. The summed E-state index contributed by atoms with van der Waals surface area (Å²) in [5.41, 5.74) is 9.37. The lowest BCUT2D eigenvalue weighted by atomic mass is 9.88. The van der Waals surface area contributed by atoms with Gasteiger partial charge >= 0.3 is 5.97 Å². The first kappa shape index (κ1) is 43.9. The van der Waals surface area contributed by atoms with E-state index in [1.165, 1.54) is 22.3 Å². The van der Waals surface area contributed by atoms with Crippen molar-refractivity contribution >= 4 is 17.7 Å². The first-order valence-electron chi connectivity index (χ1n) is 17.9. The van der Waals surface area contributed by atoms with E-state index in [2.05, 4.69) is 56.3 Å². The molecule has 1 heterocycles. The van der Waals surface area contributed by atoms with Crippen molar-refractivity contribution in [3.05, 3.63) is 91.0 Å². The molecule has 1 aliphatic heterocycles. The Morgan fingerprint density at radius 2 is 1.44 bits per heavy atom. The Morgan fingerprint density at radius 3 is 1.94 bits per heavy atom. The van der Waals surface area contributed by atoms with Crippen molar-refractivity contribution in [2.45, 2.75) is 92.2 Å². The lowest BCUT2D eigenvalue weighted by Gasteiger charge is -2.34. The smallest absolute Gasteiger partial charge is 0.304 e. The Balaban J connectivity index is 0.000000296. The number of carboxylic acid groups (broad SMARTS) is 1. The van der Waals surface area contributed by atoms with Gasteiger partial charge in [0.15, 0.2) is 0 Å². The van der Waals surface area contributed by atoms with E-state index in [9.17, 15) is 39.7 Å². The lowest BCUT2D eigenvalue weighted by Crippen LogP contribution is -2.48. The number of aryl methyl sites for hydroxylation is 4. The predicted octanol–water partition coefficient (Wildman–Crippen LogP) is 5.50. The van der Waals surface area contributed by atoms with Crippen molar-refractivity contribution in [3.63, 3.8) is 0 Å². The van der Waals surface area contributed by atoms with Crippen molar-refractivity contribution in [2.75, 3.05) is 26.2 Å². The number of hydrogen-bond acceptors (Lipinski definition) is 9. The largest absolute Gasteiger partial charge is 0.481 e. The second kappa shape index (κ2) is 20.1. The van der Waals surface area contributed by atoms with Crippen LogP contribution < -0.4 is 5.73 Å². The molecule has 2 aromatic carbocycles. The fourth-order valence-corrected chi connectivity index (χ4v) is 8.12. The van der Waals surface area contributed by atoms with Crippen molar-refractivity contribution in [3.8, 4) is 0 Å². The fourth-order valence-electron chi connectivity index (χ4n) is 8.12. The van der Waals surface area contributed by atoms with Crippen molar-refractivity contribution in [1.29, 1.82) is 0 Å². The Kier molecular flexibility index (Phi) is 17.0. The van der Waals surface area contributed by atoms with Crippen LogP contribution in [-0.4, -0.2) is 74.5 Å². The molecule has 13 heteroatoms. The van der Waals surface area contributed by atoms with Gasteiger partial charge in [-0.2, -0.15) is 0 Å². The van der Waals surface area contributed by atoms with Crippen LogP contribution in [0, 0.1) is 69.6 Å². The van der Waals surface area contributed by atoms with E-state index in [4.69, 9.17) is 10.8 Å². The van der Waals surface area contributed by atoms with E-state index in [0.29, 0.717) is 13.0 Å². The van der Waals surface area contributed by atoms with E-state index in [0.717, 1.165) is 32.2 Å². The summed E-state index contributed by atoms with van der Waals surface area (Å²) >= 11 is 0. The molecule has 3 aliphatic rings. The normalized spacial score (nSPS) is 26.0. The maximum atomic E-state index is 12.4. The molecule has 0 spiro atoms. The van der Waals surface area contributed by atoms with Gasteiger partial charge in [-0.3, -0.25) is 34.6 Å². The van der Waals surface area contributed by atoms with Crippen LogP contribution in [0.15, 0.2) is 48.5 Å². The monoisotopic (exact) mass is 726 g/mol. The highest BCUT2D eigenvalue weighted by Gasteiger charge is 2.61. The molecule has 52 heavy (non-hydrogen) atoms. The van der Waals surface area contributed by atoms with Crippen LogP contribution in [0.3, 0.4) is 0 Å². The van der Waals surface area contributed by atoms with Gasteiger partial charge in [-0.05, 0) is 75.5 Å². The second-order valence-electron chi connectivity index (χ2n) is 14.6. The first-order valence-corrected chi connectivity index (χ1v) is 17.9. The van der Waals surface area contributed by atoms with E-state index in [-0.39, 0.29) is 80.1 Å². The Morgan fingerprint density at radius 1 is 0.904 bits per heavy atom. The van der Waals surface area contributed by atoms with Gasteiger partial charge in [-0.15, -0.1) is 0 Å². The second-order valence-corrected chi connectivity index (χ2v) is 14.6. The molecule has 1 saturated heterocycles. The number of carbonyl (C=O) groups excluding carboxylic acids is 2. The lowest BCUT2D eigenvalue weighted by molar-refractivity contribution is -0.491. The minimum Gasteiger partial charge on any atom is -0.481 e. The number of carbonyl (C=O) groups is 3. The molecule has 288 valence electrons. The van der Waals surface area contributed by atoms with Crippen molar-refractivity contribution < 1.29 is 34.4 Å². The molecule has 2 aromatic rings. The van der Waals surface area contributed by atoms with Crippen LogP contribution in [0.5, 0.6) is 0 Å². The minimum atomic E-state index is -1.20. The zero-order valence-electron chi connectivity index (χ0n) is 30.2. The molecule has 2 saturated carbocycles. The summed E-state index contributed by atoms with van der Waals surface area (Å²) in [7, 11) is 0. The molecule has 2 aliphatic carbocycles. The number of amides is 1. The number of ketones is 1. The topological polar surface area (TPSA) is 207 Å². The number of nitro groups is 2. The third-order valence-corrected chi connectivity index (χ3v) is 10.6. The molecule has 0 aromatic heterocycles. The van der Waals surface area contributed by atoms with Crippen LogP contribution in [0.2, 0.25) is 0 Å². The van der Waals surface area contributed by atoms with Gasteiger partial charge in [-0.25, -0.2) is 0 Å². The summed E-state index contributed by atoms with van der Waals surface area (Å²) in [4.78, 5) is 56.5. The summed E-state index contributed by atoms with van der Waals surface area (Å²) < 4.78 is 0. The van der Waals surface area contributed by atoms with Gasteiger partial charge < -0.3 is 20.8 Å². The molecule has 1 amide bonds. The number of benzene rings is 2. The molecule has 4 N–H and O–H groups in total. The Labute approximate surface area is 307 Å². The predicted molar refractivity (Wildman–Crippen MR) is 199 cm³/mol. The molecular weight excluding hydrogens is 668 g/mol. The Bertz CT molecular complexity index is 1530. The SMILES string of the molecule is C.C[C@H]1CC(=O)[C@@H](CC(=O)O)[C@@H]1C[N+](=O)[O-].Cc1cccc(CCCN)c1.Cc1cccc(CCCN2C(=O)CC3[C@H](C[N+](=O)[O-])[C@@H](C)CC32O)c1. The number of aliphatic hydroxyl groups is 1. The molecule has 7 atom stereocenters. The van der Waals surface area contributed by atoms with Gasteiger partial charge in [0.05, 0.1) is 6.42 Å². The van der Waals surface area contributed by atoms with Gasteiger partial charge in [0, 0.05) is 52.9 Å². The minimum absolute atomic E-state index is 0. The highest BCUT2D eigenvalue weighted by atomic mass is 16.6. The van der Waals surface area contributed by atoms with E-state index < -0.39 is 28.5 Å². The number of nitrogens with zero attached hydrogens (tertiary/aromatic N) is 3. The third kappa shape index (κ3) is 12.2. The number of aliphatic carboxylic acids is 1. The van der Waals surface area contributed by atoms with Gasteiger partial charge in [-0.1, -0.05) is 80.9 Å². The number of carboxylic acids is 1.